The number of rotatable bonds is 7. The maximum absolute atomic E-state index is 13.5. The monoisotopic (exact) mass is 638 g/mol. The Hall–Kier alpha value is -2.76. The average molecular weight is 640 g/mol. The second-order valence-corrected chi connectivity index (χ2v) is 10.5. The predicted octanol–water partition coefficient (Wildman–Crippen LogP) is 6.92. The molecule has 0 radical (unpaired) electrons. The second kappa shape index (κ2) is 14.1. The maximum Gasteiger partial charge on any atom is 0.416 e. The van der Waals surface area contributed by atoms with Gasteiger partial charge in [0.15, 0.2) is 0 Å². The zero-order valence-corrected chi connectivity index (χ0v) is 25.1. The van der Waals surface area contributed by atoms with Crippen LogP contribution < -0.4 is 0 Å². The zero-order valence-electron chi connectivity index (χ0n) is 23.4. The topological polar surface area (TPSA) is 41.4 Å². The first-order valence-electron chi connectivity index (χ1n) is 13.1. The number of halogens is 8. The molecule has 5 nitrogen and oxygen atoms in total. The molecule has 4 rings (SSSR count). The number of hydrogen-bond donors (Lipinski definition) is 0. The van der Waals surface area contributed by atoms with E-state index in [0.717, 1.165) is 41.8 Å². The fourth-order valence-corrected chi connectivity index (χ4v) is 5.09. The standard InChI is InChI=1S/C29H32F6N4O.2ClH/c1-19-6-7-21(11-20(19)2)12-26-17-38(8-4-5-25-16-37(3)18-36-25)9-10-39(26)27(40)22-13-23(28(30,31)32)15-24(14-22)29(33,34)35;;/h6-7,11,13-16,18,26H,4-5,8-10,12,17H2,1-3H3;2*1H/t26-;;/m1../s1. The fourth-order valence-electron chi connectivity index (χ4n) is 5.09. The number of aryl methyl sites for hydroxylation is 4. The lowest BCUT2D eigenvalue weighted by molar-refractivity contribution is -0.143. The van der Waals surface area contributed by atoms with E-state index in [1.807, 2.05) is 49.9 Å². The summed E-state index contributed by atoms with van der Waals surface area (Å²) in [5.74, 6) is -0.835. The van der Waals surface area contributed by atoms with Crippen LogP contribution in [-0.4, -0.2) is 57.5 Å². The molecule has 1 aliphatic heterocycles. The molecule has 1 atom stereocenters. The van der Waals surface area contributed by atoms with Gasteiger partial charge in [0, 0.05) is 44.5 Å². The molecule has 1 saturated heterocycles. The molecule has 1 amide bonds. The van der Waals surface area contributed by atoms with Crippen LogP contribution in [0.25, 0.3) is 0 Å². The minimum Gasteiger partial charge on any atom is -0.340 e. The van der Waals surface area contributed by atoms with Gasteiger partial charge in [0.05, 0.1) is 23.1 Å². The van der Waals surface area contributed by atoms with Crippen molar-refractivity contribution < 1.29 is 31.1 Å². The number of carbonyl (C=O) groups excluding carboxylic acids is 1. The first-order chi connectivity index (χ1) is 18.7. The minimum atomic E-state index is -5.03. The largest absolute Gasteiger partial charge is 0.416 e. The van der Waals surface area contributed by atoms with Gasteiger partial charge in [0.2, 0.25) is 0 Å². The van der Waals surface area contributed by atoms with Gasteiger partial charge in [0.1, 0.15) is 0 Å². The molecule has 0 spiro atoms. The number of aromatic nitrogens is 2. The van der Waals surface area contributed by atoms with Gasteiger partial charge in [-0.15, -0.1) is 24.8 Å². The Balaban J connectivity index is 0.00000308. The molecular weight excluding hydrogens is 605 g/mol. The van der Waals surface area contributed by atoms with E-state index >= 15 is 0 Å². The third-order valence-corrected chi connectivity index (χ3v) is 7.37. The van der Waals surface area contributed by atoms with Gasteiger partial charge in [-0.3, -0.25) is 9.69 Å². The lowest BCUT2D eigenvalue weighted by atomic mass is 9.97. The third kappa shape index (κ3) is 8.87. The number of benzene rings is 2. The van der Waals surface area contributed by atoms with Gasteiger partial charge >= 0.3 is 12.4 Å². The number of nitrogens with zero attached hydrogens (tertiary/aromatic N) is 4. The molecule has 3 aromatic rings. The van der Waals surface area contributed by atoms with E-state index in [1.165, 1.54) is 4.90 Å². The number of carbonyl (C=O) groups is 1. The van der Waals surface area contributed by atoms with Gasteiger partial charge in [-0.2, -0.15) is 26.3 Å². The Morgan fingerprint density at radius 3 is 2.12 bits per heavy atom. The van der Waals surface area contributed by atoms with Crippen molar-refractivity contribution in [3.8, 4) is 0 Å². The Morgan fingerprint density at radius 1 is 0.929 bits per heavy atom. The highest BCUT2D eigenvalue weighted by atomic mass is 35.5. The molecule has 0 saturated carbocycles. The Labute approximate surface area is 253 Å². The molecule has 232 valence electrons. The summed E-state index contributed by atoms with van der Waals surface area (Å²) in [6.07, 6.45) is -4.35. The van der Waals surface area contributed by atoms with Crippen LogP contribution in [0.15, 0.2) is 48.9 Å². The quantitative estimate of drug-likeness (QED) is 0.264. The number of hydrogen-bond acceptors (Lipinski definition) is 3. The maximum atomic E-state index is 13.5. The first-order valence-corrected chi connectivity index (χ1v) is 13.1. The summed E-state index contributed by atoms with van der Waals surface area (Å²) in [6, 6.07) is 6.56. The van der Waals surface area contributed by atoms with Crippen LogP contribution >= 0.6 is 24.8 Å². The summed E-state index contributed by atoms with van der Waals surface area (Å²) >= 11 is 0. The van der Waals surface area contributed by atoms with Crippen molar-refractivity contribution in [3.05, 3.63) is 88.0 Å². The summed E-state index contributed by atoms with van der Waals surface area (Å²) in [6.45, 7) is 5.77. The van der Waals surface area contributed by atoms with E-state index in [2.05, 4.69) is 9.88 Å². The number of piperazine rings is 1. The van der Waals surface area contributed by atoms with Crippen LogP contribution in [0.1, 0.15) is 50.3 Å². The van der Waals surface area contributed by atoms with E-state index in [9.17, 15) is 31.1 Å². The second-order valence-electron chi connectivity index (χ2n) is 10.5. The molecule has 0 unspecified atom stereocenters. The van der Waals surface area contributed by atoms with Crippen molar-refractivity contribution in [3.63, 3.8) is 0 Å². The van der Waals surface area contributed by atoms with Crippen LogP contribution in [-0.2, 0) is 32.2 Å². The molecule has 2 aromatic carbocycles. The molecule has 0 aliphatic carbocycles. The van der Waals surface area contributed by atoms with Crippen LogP contribution in [0.3, 0.4) is 0 Å². The van der Waals surface area contributed by atoms with E-state index in [1.54, 1.807) is 6.33 Å². The van der Waals surface area contributed by atoms with Gasteiger partial charge in [0.25, 0.3) is 5.91 Å². The van der Waals surface area contributed by atoms with E-state index in [4.69, 9.17) is 0 Å². The smallest absolute Gasteiger partial charge is 0.340 e. The van der Waals surface area contributed by atoms with Crippen molar-refractivity contribution in [1.29, 1.82) is 0 Å². The Bertz CT molecular complexity index is 1330. The van der Waals surface area contributed by atoms with Crippen molar-refractivity contribution in [2.24, 2.45) is 7.05 Å². The molecule has 1 fully saturated rings. The summed E-state index contributed by atoms with van der Waals surface area (Å²) in [7, 11) is 1.90. The van der Waals surface area contributed by atoms with Crippen molar-refractivity contribution in [2.75, 3.05) is 26.2 Å². The lowest BCUT2D eigenvalue weighted by Gasteiger charge is -2.42. The van der Waals surface area contributed by atoms with Gasteiger partial charge in [-0.1, -0.05) is 18.2 Å². The average Bonchev–Trinajstić information content (AvgIpc) is 3.29. The lowest BCUT2D eigenvalue weighted by Crippen LogP contribution is -2.56. The molecule has 42 heavy (non-hydrogen) atoms. The number of amides is 1. The predicted molar refractivity (Wildman–Crippen MR) is 153 cm³/mol. The molecule has 2 heterocycles. The molecule has 1 aromatic heterocycles. The first kappa shape index (κ1) is 35.4. The Kier molecular flexibility index (Phi) is 11.9. The SMILES string of the molecule is Cc1ccc(C[C@@H]2CN(CCCc3cn(C)cn3)CCN2C(=O)c2cc(C(F)(F)F)cc(C(F)(F)F)c2)cc1C.Cl.Cl. The molecule has 0 bridgehead atoms. The number of imidazole rings is 1. The molecule has 13 heteroatoms. The fraction of sp³-hybridized carbons (Fsp3) is 0.448. The summed E-state index contributed by atoms with van der Waals surface area (Å²) in [5, 5.41) is 0. The van der Waals surface area contributed by atoms with E-state index in [0.29, 0.717) is 31.6 Å². The van der Waals surface area contributed by atoms with Crippen LogP contribution in [0.4, 0.5) is 26.3 Å². The molecular formula is C29H34Cl2F6N4O. The highest BCUT2D eigenvalue weighted by Gasteiger charge is 2.39. The highest BCUT2D eigenvalue weighted by molar-refractivity contribution is 5.95. The summed E-state index contributed by atoms with van der Waals surface area (Å²) < 4.78 is 82.7. The zero-order chi connectivity index (χ0) is 29.2. The van der Waals surface area contributed by atoms with Crippen LogP contribution in [0, 0.1) is 13.8 Å². The summed E-state index contributed by atoms with van der Waals surface area (Å²) in [4.78, 5) is 21.5. The van der Waals surface area contributed by atoms with Gasteiger partial charge in [-0.05, 0) is 74.5 Å². The van der Waals surface area contributed by atoms with E-state index in [-0.39, 0.29) is 37.4 Å². The Morgan fingerprint density at radius 2 is 1.57 bits per heavy atom. The van der Waals surface area contributed by atoms with Gasteiger partial charge in [-0.25, -0.2) is 4.98 Å². The number of alkyl halides is 6. The van der Waals surface area contributed by atoms with E-state index < -0.39 is 41.0 Å². The minimum absolute atomic E-state index is 0. The van der Waals surface area contributed by atoms with Gasteiger partial charge < -0.3 is 9.47 Å². The van der Waals surface area contributed by atoms with Crippen molar-refractivity contribution >= 4 is 30.7 Å². The summed E-state index contributed by atoms with van der Waals surface area (Å²) in [5.41, 5.74) is 0.463. The van der Waals surface area contributed by atoms with Crippen LogP contribution in [0.5, 0.6) is 0 Å². The van der Waals surface area contributed by atoms with Crippen molar-refractivity contribution in [2.45, 2.75) is 51.5 Å². The van der Waals surface area contributed by atoms with Crippen molar-refractivity contribution in [1.82, 2.24) is 19.4 Å². The van der Waals surface area contributed by atoms with Crippen LogP contribution in [0.2, 0.25) is 0 Å². The third-order valence-electron chi connectivity index (χ3n) is 7.37. The highest BCUT2D eigenvalue weighted by Crippen LogP contribution is 2.37. The normalized spacial score (nSPS) is 16.1. The molecule has 1 aliphatic rings. The molecule has 0 N–H and O–H groups in total.